The number of carboxylic acid groups (broad SMARTS) is 1. The molecule has 1 unspecified atom stereocenters. The fourth-order valence-corrected chi connectivity index (χ4v) is 6.17. The summed E-state index contributed by atoms with van der Waals surface area (Å²) in [4.78, 5) is 10.9. The Morgan fingerprint density at radius 1 is 0.941 bits per heavy atom. The molecule has 0 radical (unpaired) electrons. The summed E-state index contributed by atoms with van der Waals surface area (Å²) in [5.74, 6) is -0.704. The number of carbonyl (C=O) groups is 1. The fourth-order valence-electron chi connectivity index (χ4n) is 4.62. The van der Waals surface area contributed by atoms with Gasteiger partial charge in [0.1, 0.15) is 6.04 Å². The number of quaternary nitrogens is 1. The highest BCUT2D eigenvalue weighted by Crippen LogP contribution is 2.38. The Labute approximate surface area is 210 Å². The van der Waals surface area contributed by atoms with Crippen LogP contribution < -0.4 is 22.0 Å². The van der Waals surface area contributed by atoms with E-state index in [1.54, 1.807) is 13.1 Å². The van der Waals surface area contributed by atoms with Gasteiger partial charge in [-0.2, -0.15) is 0 Å². The van der Waals surface area contributed by atoms with Gasteiger partial charge in [-0.3, -0.25) is 9.10 Å². The van der Waals surface area contributed by atoms with Crippen LogP contribution in [0.5, 0.6) is 0 Å². The van der Waals surface area contributed by atoms with Crippen molar-refractivity contribution in [1.29, 1.82) is 0 Å². The van der Waals surface area contributed by atoms with Crippen molar-refractivity contribution in [2.45, 2.75) is 75.6 Å². The molecule has 2 aromatic rings. The number of anilines is 1. The molecule has 0 aliphatic carbocycles. The number of rotatable bonds is 12. The summed E-state index contributed by atoms with van der Waals surface area (Å²) in [5, 5.41) is 11.0. The average molecular weight is 509 g/mol. The predicted octanol–water partition coefficient (Wildman–Crippen LogP) is 1.39. The van der Waals surface area contributed by atoms with E-state index in [2.05, 4.69) is 5.32 Å². The van der Waals surface area contributed by atoms with Crippen LogP contribution in [-0.2, 0) is 14.8 Å². The molecule has 2 aromatic carbocycles. The fraction of sp³-hybridized carbons (Fsp3) is 0.500. The van der Waals surface area contributed by atoms with E-state index < -0.39 is 16.0 Å². The summed E-state index contributed by atoms with van der Waals surface area (Å²) in [5.41, 5.74) is 3.58. The first-order valence-electron chi connectivity index (χ1n) is 12.1. The minimum atomic E-state index is -3.60. The Morgan fingerprint density at radius 2 is 1.56 bits per heavy atom. The van der Waals surface area contributed by atoms with Crippen molar-refractivity contribution in [2.75, 3.05) is 17.9 Å². The van der Waals surface area contributed by atoms with Crippen LogP contribution in [0.1, 0.15) is 80.5 Å². The maximum atomic E-state index is 13.3. The van der Waals surface area contributed by atoms with E-state index in [1.807, 2.05) is 43.3 Å². The monoisotopic (exact) mass is 508 g/mol. The van der Waals surface area contributed by atoms with Crippen molar-refractivity contribution in [3.05, 3.63) is 59.2 Å². The van der Waals surface area contributed by atoms with Crippen molar-refractivity contribution in [3.8, 4) is 0 Å². The van der Waals surface area contributed by atoms with Gasteiger partial charge in [-0.1, -0.05) is 62.4 Å². The molecule has 0 saturated carbocycles. The smallest absolute Gasteiger partial charge is 0.303 e. The molecule has 0 spiro atoms. The van der Waals surface area contributed by atoms with Crippen molar-refractivity contribution in [3.63, 3.8) is 0 Å². The Balaban J connectivity index is 0.00000408. The molecule has 0 aromatic heterocycles. The molecule has 1 heterocycles. The topological polar surface area (TPSA) is 91.3 Å². The predicted molar refractivity (Wildman–Crippen MR) is 131 cm³/mol. The lowest BCUT2D eigenvalue weighted by atomic mass is 9.96. The van der Waals surface area contributed by atoms with Gasteiger partial charge in [0.2, 0.25) is 0 Å². The highest BCUT2D eigenvalue weighted by molar-refractivity contribution is 7.92. The van der Waals surface area contributed by atoms with Crippen LogP contribution in [0.15, 0.2) is 47.4 Å². The summed E-state index contributed by atoms with van der Waals surface area (Å²) in [6.07, 6.45) is 8.93. The number of nitrogens with zero attached hydrogens (tertiary/aromatic N) is 1. The van der Waals surface area contributed by atoms with Crippen LogP contribution in [-0.4, -0.2) is 33.1 Å². The van der Waals surface area contributed by atoms with E-state index in [0.29, 0.717) is 4.90 Å². The zero-order valence-electron chi connectivity index (χ0n) is 20.2. The SMILES string of the molecule is Cc1ccc2c(c1)S(=O)(=O)N(C)c1ccccc1C2[NH2+]CCCCCCCCCCC(=O)O.[Cl-]. The van der Waals surface area contributed by atoms with Gasteiger partial charge in [0.15, 0.2) is 0 Å². The molecule has 6 nitrogen and oxygen atoms in total. The summed E-state index contributed by atoms with van der Waals surface area (Å²) in [6, 6.07) is 13.5. The first kappa shape index (κ1) is 28.1. The second-order valence-corrected chi connectivity index (χ2v) is 11.0. The molecule has 8 heteroatoms. The number of unbranched alkanes of at least 4 members (excludes halogenated alkanes) is 7. The lowest BCUT2D eigenvalue weighted by Crippen LogP contribution is -3.00. The van der Waals surface area contributed by atoms with Crippen LogP contribution in [0.4, 0.5) is 5.69 Å². The minimum absolute atomic E-state index is 0. The largest absolute Gasteiger partial charge is 1.00 e. The van der Waals surface area contributed by atoms with Crippen LogP contribution >= 0.6 is 0 Å². The quantitative estimate of drug-likeness (QED) is 0.424. The van der Waals surface area contributed by atoms with Crippen LogP contribution in [0, 0.1) is 6.92 Å². The molecule has 0 saturated heterocycles. The van der Waals surface area contributed by atoms with E-state index in [0.717, 1.165) is 67.4 Å². The molecule has 1 aliphatic heterocycles. The number of carboxylic acids is 1. The number of fused-ring (bicyclic) bond motifs is 2. The van der Waals surface area contributed by atoms with Crippen LogP contribution in [0.3, 0.4) is 0 Å². The first-order chi connectivity index (χ1) is 15.8. The lowest BCUT2D eigenvalue weighted by molar-refractivity contribution is -0.687. The molecule has 3 N–H and O–H groups in total. The van der Waals surface area contributed by atoms with Crippen LogP contribution in [0.2, 0.25) is 0 Å². The average Bonchev–Trinajstić information content (AvgIpc) is 2.85. The molecule has 3 rings (SSSR count). The zero-order chi connectivity index (χ0) is 23.8. The second-order valence-electron chi connectivity index (χ2n) is 9.05. The Morgan fingerprint density at radius 3 is 2.24 bits per heavy atom. The summed E-state index contributed by atoms with van der Waals surface area (Å²) in [7, 11) is -1.96. The van der Waals surface area contributed by atoms with E-state index in [-0.39, 0.29) is 24.9 Å². The number of para-hydroxylation sites is 1. The Bertz CT molecular complexity index is 1060. The molecule has 1 aliphatic rings. The maximum absolute atomic E-state index is 13.3. The molecule has 0 bridgehead atoms. The molecule has 0 amide bonds. The van der Waals surface area contributed by atoms with Gasteiger partial charge in [-0.25, -0.2) is 8.42 Å². The Kier molecular flexibility index (Phi) is 10.9. The van der Waals surface area contributed by atoms with Gasteiger partial charge >= 0.3 is 5.97 Å². The molecule has 1 atom stereocenters. The van der Waals surface area contributed by atoms with E-state index in [9.17, 15) is 13.2 Å². The standard InChI is InChI=1S/C26H36N2O4S.ClH/c1-20-16-17-22-24(19-20)33(31,32)28(2)23-14-11-10-13-21(23)26(22)27-18-12-8-6-4-3-5-7-9-15-25(29)30;/h10-11,13-14,16-17,19,26-27H,3-9,12,15,18H2,1-2H3,(H,29,30);1H. The third-order valence-corrected chi connectivity index (χ3v) is 8.33. The molecule has 34 heavy (non-hydrogen) atoms. The lowest BCUT2D eigenvalue weighted by Gasteiger charge is -2.20. The van der Waals surface area contributed by atoms with Gasteiger partial charge in [0.05, 0.1) is 17.1 Å². The third-order valence-electron chi connectivity index (χ3n) is 6.50. The number of hydrogen-bond donors (Lipinski definition) is 2. The van der Waals surface area contributed by atoms with Crippen molar-refractivity contribution >= 4 is 21.7 Å². The second kappa shape index (κ2) is 13.1. The van der Waals surface area contributed by atoms with Crippen molar-refractivity contribution in [2.24, 2.45) is 0 Å². The highest BCUT2D eigenvalue weighted by atomic mass is 35.5. The summed E-state index contributed by atoms with van der Waals surface area (Å²) in [6.45, 7) is 2.87. The highest BCUT2D eigenvalue weighted by Gasteiger charge is 2.36. The molecular weight excluding hydrogens is 472 g/mol. The number of benzene rings is 2. The van der Waals surface area contributed by atoms with E-state index in [1.165, 1.54) is 17.1 Å². The van der Waals surface area contributed by atoms with Gasteiger partial charge < -0.3 is 22.8 Å². The first-order valence-corrected chi connectivity index (χ1v) is 13.5. The number of sulfonamides is 1. The number of halogens is 1. The number of aryl methyl sites for hydroxylation is 1. The van der Waals surface area contributed by atoms with Gasteiger partial charge in [0, 0.05) is 24.6 Å². The zero-order valence-corrected chi connectivity index (χ0v) is 21.7. The molecule has 0 fully saturated rings. The Hall–Kier alpha value is -2.09. The number of nitrogens with two attached hydrogens (primary N) is 1. The normalized spacial score (nSPS) is 16.2. The number of hydrogen-bond acceptors (Lipinski definition) is 3. The van der Waals surface area contributed by atoms with Crippen molar-refractivity contribution < 1.29 is 36.0 Å². The summed E-state index contributed by atoms with van der Waals surface area (Å²) >= 11 is 0. The van der Waals surface area contributed by atoms with Gasteiger partial charge in [-0.05, 0) is 43.9 Å². The van der Waals surface area contributed by atoms with Crippen LogP contribution in [0.25, 0.3) is 0 Å². The molecular formula is C26H37ClN2O4S. The number of aliphatic carboxylic acids is 1. The van der Waals surface area contributed by atoms with E-state index in [4.69, 9.17) is 5.11 Å². The maximum Gasteiger partial charge on any atom is 0.303 e. The van der Waals surface area contributed by atoms with Gasteiger partial charge in [-0.15, -0.1) is 0 Å². The minimum Gasteiger partial charge on any atom is -1.00 e. The van der Waals surface area contributed by atoms with Crippen molar-refractivity contribution in [1.82, 2.24) is 0 Å². The molecule has 188 valence electrons. The third kappa shape index (κ3) is 6.96. The van der Waals surface area contributed by atoms with Gasteiger partial charge in [0.25, 0.3) is 10.0 Å². The van der Waals surface area contributed by atoms with E-state index >= 15 is 0 Å². The summed E-state index contributed by atoms with van der Waals surface area (Å²) < 4.78 is 28.1.